The van der Waals surface area contributed by atoms with Crippen LogP contribution in [0.15, 0.2) is 69.7 Å². The highest BCUT2D eigenvalue weighted by Crippen LogP contribution is 2.43. The molecular formula is C25H19N3O3. The summed E-state index contributed by atoms with van der Waals surface area (Å²) in [4.78, 5) is 0. The van der Waals surface area contributed by atoms with Gasteiger partial charge in [-0.25, -0.2) is 0 Å². The van der Waals surface area contributed by atoms with Crippen LogP contribution in [0.5, 0.6) is 11.5 Å². The standard InChI is InChI=1S/C25H19N3O3/c1-25(2)21(20(14-28)24(31-25)18(12-26)13-27)9-7-15-4-3-5-17-10-16-6-8-19(29)11-22(16)30-23(15)17/h6-11,29H,3-5H2,1-2H3/b9-7+. The molecule has 1 aromatic rings. The normalized spacial score (nSPS) is 18.8. The molecular weight excluding hydrogens is 390 g/mol. The van der Waals surface area contributed by atoms with Gasteiger partial charge in [0.1, 0.15) is 46.6 Å². The number of nitriles is 3. The van der Waals surface area contributed by atoms with Crippen LogP contribution in [0.25, 0.3) is 6.08 Å². The highest BCUT2D eigenvalue weighted by atomic mass is 16.5. The molecule has 0 spiro atoms. The van der Waals surface area contributed by atoms with Crippen molar-refractivity contribution in [3.8, 4) is 29.7 Å². The molecule has 2 aliphatic heterocycles. The molecule has 4 rings (SSSR count). The number of allylic oxidation sites excluding steroid dienone is 5. The van der Waals surface area contributed by atoms with Crippen LogP contribution in [0.4, 0.5) is 0 Å². The lowest BCUT2D eigenvalue weighted by Gasteiger charge is -2.27. The molecule has 6 nitrogen and oxygen atoms in total. The van der Waals surface area contributed by atoms with Crippen molar-refractivity contribution >= 4 is 6.08 Å². The lowest BCUT2D eigenvalue weighted by atomic mass is 9.88. The quantitative estimate of drug-likeness (QED) is 0.681. The third-order valence-electron chi connectivity index (χ3n) is 5.53. The molecule has 2 heterocycles. The van der Waals surface area contributed by atoms with E-state index in [9.17, 15) is 20.9 Å². The zero-order valence-electron chi connectivity index (χ0n) is 17.2. The van der Waals surface area contributed by atoms with Gasteiger partial charge in [0.2, 0.25) is 0 Å². The average Bonchev–Trinajstić information content (AvgIpc) is 3.01. The Kier molecular flexibility index (Phi) is 4.90. The molecule has 0 bridgehead atoms. The van der Waals surface area contributed by atoms with Crippen LogP contribution in [0.2, 0.25) is 0 Å². The number of ether oxygens (including phenoxy) is 2. The molecule has 31 heavy (non-hydrogen) atoms. The summed E-state index contributed by atoms with van der Waals surface area (Å²) in [7, 11) is 0. The summed E-state index contributed by atoms with van der Waals surface area (Å²) in [5.41, 5.74) is 2.71. The Balaban J connectivity index is 1.78. The molecule has 0 amide bonds. The van der Waals surface area contributed by atoms with E-state index in [2.05, 4.69) is 12.1 Å². The van der Waals surface area contributed by atoms with E-state index in [0.717, 1.165) is 41.7 Å². The van der Waals surface area contributed by atoms with Gasteiger partial charge in [-0.2, -0.15) is 15.8 Å². The number of phenols is 1. The van der Waals surface area contributed by atoms with Crippen molar-refractivity contribution in [2.24, 2.45) is 0 Å². The Morgan fingerprint density at radius 3 is 2.61 bits per heavy atom. The van der Waals surface area contributed by atoms with E-state index in [-0.39, 0.29) is 22.7 Å². The monoisotopic (exact) mass is 409 g/mol. The van der Waals surface area contributed by atoms with Crippen molar-refractivity contribution in [3.05, 3.63) is 75.3 Å². The molecule has 0 atom stereocenters. The second-order valence-corrected chi connectivity index (χ2v) is 7.98. The molecule has 0 aromatic heterocycles. The maximum absolute atomic E-state index is 9.79. The molecule has 1 N–H and O–H groups in total. The second-order valence-electron chi connectivity index (χ2n) is 7.98. The smallest absolute Gasteiger partial charge is 0.172 e. The fourth-order valence-corrected chi connectivity index (χ4v) is 4.02. The molecule has 3 aliphatic rings. The van der Waals surface area contributed by atoms with E-state index in [1.54, 1.807) is 38.1 Å². The summed E-state index contributed by atoms with van der Waals surface area (Å²) in [5.74, 6) is 1.54. The summed E-state index contributed by atoms with van der Waals surface area (Å²) in [5, 5.41) is 37.9. The van der Waals surface area contributed by atoms with Crippen LogP contribution < -0.4 is 4.74 Å². The van der Waals surface area contributed by atoms with Crippen LogP contribution in [0.3, 0.4) is 0 Å². The molecule has 0 saturated heterocycles. The van der Waals surface area contributed by atoms with Gasteiger partial charge in [0.15, 0.2) is 11.3 Å². The number of hydrogen-bond acceptors (Lipinski definition) is 6. The van der Waals surface area contributed by atoms with Crippen molar-refractivity contribution in [3.63, 3.8) is 0 Å². The molecule has 1 aromatic carbocycles. The minimum atomic E-state index is -0.861. The summed E-state index contributed by atoms with van der Waals surface area (Å²) < 4.78 is 12.0. The number of rotatable bonds is 2. The minimum Gasteiger partial charge on any atom is -0.508 e. The highest BCUT2D eigenvalue weighted by molar-refractivity contribution is 5.69. The lowest BCUT2D eigenvalue weighted by Crippen LogP contribution is -2.21. The van der Waals surface area contributed by atoms with E-state index in [1.165, 1.54) is 0 Å². The topological polar surface area (TPSA) is 110 Å². The molecule has 0 fully saturated rings. The van der Waals surface area contributed by atoms with Crippen LogP contribution in [-0.4, -0.2) is 10.7 Å². The maximum Gasteiger partial charge on any atom is 0.172 e. The van der Waals surface area contributed by atoms with Crippen LogP contribution >= 0.6 is 0 Å². The van der Waals surface area contributed by atoms with Crippen molar-refractivity contribution in [1.82, 2.24) is 0 Å². The SMILES string of the molecule is CC1(C)OC(=C(C#N)C#N)C(C#N)=C1/C=C/C1=C2Oc3cc(O)ccc3C=C2CCC1. The third kappa shape index (κ3) is 3.48. The lowest BCUT2D eigenvalue weighted by molar-refractivity contribution is 0.0954. The first-order valence-corrected chi connectivity index (χ1v) is 9.89. The fourth-order valence-electron chi connectivity index (χ4n) is 4.02. The minimum absolute atomic E-state index is 0.0253. The van der Waals surface area contributed by atoms with Crippen LogP contribution in [-0.2, 0) is 4.74 Å². The largest absolute Gasteiger partial charge is 0.508 e. The molecule has 0 saturated carbocycles. The van der Waals surface area contributed by atoms with E-state index in [0.29, 0.717) is 11.3 Å². The van der Waals surface area contributed by atoms with Gasteiger partial charge in [-0.05, 0) is 62.5 Å². The first-order chi connectivity index (χ1) is 14.9. The number of aromatic hydroxyl groups is 1. The van der Waals surface area contributed by atoms with Crippen molar-refractivity contribution in [1.29, 1.82) is 15.8 Å². The number of hydrogen-bond donors (Lipinski definition) is 1. The van der Waals surface area contributed by atoms with Crippen molar-refractivity contribution in [2.75, 3.05) is 0 Å². The molecule has 152 valence electrons. The average molecular weight is 409 g/mol. The summed E-state index contributed by atoms with van der Waals surface area (Å²) in [6.07, 6.45) is 8.47. The molecule has 1 aliphatic carbocycles. The fraction of sp³-hybridized carbons (Fsp3) is 0.240. The first kappa shape index (κ1) is 20.1. The molecule has 0 radical (unpaired) electrons. The summed E-state index contributed by atoms with van der Waals surface area (Å²) in [6.45, 7) is 3.59. The Hall–Kier alpha value is -4.21. The predicted molar refractivity (Wildman–Crippen MR) is 113 cm³/mol. The number of fused-ring (bicyclic) bond motifs is 2. The predicted octanol–water partition coefficient (Wildman–Crippen LogP) is 5.09. The van der Waals surface area contributed by atoms with Gasteiger partial charge in [-0.15, -0.1) is 0 Å². The zero-order chi connectivity index (χ0) is 22.2. The number of nitrogens with zero attached hydrogens (tertiary/aromatic N) is 3. The van der Waals surface area contributed by atoms with Gasteiger partial charge in [-0.1, -0.05) is 12.2 Å². The molecule has 6 heteroatoms. The Bertz CT molecular complexity index is 1250. The van der Waals surface area contributed by atoms with E-state index >= 15 is 0 Å². The Labute approximate surface area is 180 Å². The first-order valence-electron chi connectivity index (χ1n) is 9.89. The second kappa shape index (κ2) is 7.56. The van der Waals surface area contributed by atoms with Crippen LogP contribution in [0.1, 0.15) is 38.7 Å². The maximum atomic E-state index is 9.79. The Morgan fingerprint density at radius 1 is 1.13 bits per heavy atom. The van der Waals surface area contributed by atoms with Gasteiger partial charge < -0.3 is 14.6 Å². The van der Waals surface area contributed by atoms with Crippen molar-refractivity contribution in [2.45, 2.75) is 38.7 Å². The third-order valence-corrected chi connectivity index (χ3v) is 5.53. The van der Waals surface area contributed by atoms with E-state index in [4.69, 9.17) is 9.47 Å². The van der Waals surface area contributed by atoms with Gasteiger partial charge in [0.25, 0.3) is 0 Å². The highest BCUT2D eigenvalue weighted by Gasteiger charge is 2.38. The summed E-state index contributed by atoms with van der Waals surface area (Å²) in [6, 6.07) is 10.8. The number of benzene rings is 1. The van der Waals surface area contributed by atoms with Gasteiger partial charge in [-0.3, -0.25) is 0 Å². The van der Waals surface area contributed by atoms with Crippen LogP contribution in [0, 0.1) is 34.0 Å². The summed E-state index contributed by atoms with van der Waals surface area (Å²) >= 11 is 0. The van der Waals surface area contributed by atoms with Gasteiger partial charge in [0.05, 0.1) is 0 Å². The van der Waals surface area contributed by atoms with E-state index < -0.39 is 5.60 Å². The van der Waals surface area contributed by atoms with E-state index in [1.807, 2.05) is 18.2 Å². The van der Waals surface area contributed by atoms with Gasteiger partial charge >= 0.3 is 0 Å². The zero-order valence-corrected chi connectivity index (χ0v) is 17.2. The van der Waals surface area contributed by atoms with Gasteiger partial charge in [0, 0.05) is 17.2 Å². The number of phenolic OH excluding ortho intramolecular Hbond substituents is 1. The van der Waals surface area contributed by atoms with Crippen molar-refractivity contribution < 1.29 is 14.6 Å². The Morgan fingerprint density at radius 2 is 1.90 bits per heavy atom. The molecule has 0 unspecified atom stereocenters.